The van der Waals surface area contributed by atoms with Gasteiger partial charge < -0.3 is 19.9 Å². The van der Waals surface area contributed by atoms with Gasteiger partial charge in [-0.3, -0.25) is 9.59 Å². The molecule has 2 N–H and O–H groups in total. The van der Waals surface area contributed by atoms with Gasteiger partial charge in [0.1, 0.15) is 5.75 Å². The Bertz CT molecular complexity index is 880. The first-order chi connectivity index (χ1) is 14.4. The van der Waals surface area contributed by atoms with Crippen molar-refractivity contribution in [3.8, 4) is 5.75 Å². The number of amides is 2. The summed E-state index contributed by atoms with van der Waals surface area (Å²) < 4.78 is 5.60. The normalized spacial score (nSPS) is 19.1. The maximum atomic E-state index is 13.2. The van der Waals surface area contributed by atoms with Gasteiger partial charge in [0.05, 0.1) is 46.3 Å². The molecule has 1 saturated heterocycles. The van der Waals surface area contributed by atoms with E-state index < -0.39 is 6.04 Å². The number of methoxy groups -OCH3 is 1. The van der Waals surface area contributed by atoms with E-state index in [9.17, 15) is 9.59 Å². The molecule has 2 aromatic rings. The smallest absolute Gasteiger partial charge is 0.227 e. The molecule has 0 aliphatic carbocycles. The minimum absolute atomic E-state index is 0.0169. The summed E-state index contributed by atoms with van der Waals surface area (Å²) in [5, 5.41) is 3.08. The number of piperidine rings is 1. The average molecular weight is 411 g/mol. The Morgan fingerprint density at radius 3 is 2.53 bits per heavy atom. The summed E-state index contributed by atoms with van der Waals surface area (Å²) in [5.41, 5.74) is 2.78. The van der Waals surface area contributed by atoms with Gasteiger partial charge in [-0.2, -0.15) is 0 Å². The van der Waals surface area contributed by atoms with Crippen molar-refractivity contribution in [1.29, 1.82) is 0 Å². The number of carbonyl (C=O) groups excluding carboxylic acids is 2. The molecule has 1 fully saturated rings. The van der Waals surface area contributed by atoms with E-state index in [4.69, 9.17) is 4.74 Å². The van der Waals surface area contributed by atoms with Gasteiger partial charge in [0.2, 0.25) is 11.8 Å². The fourth-order valence-electron chi connectivity index (χ4n) is 4.01. The standard InChI is InChI=1S/C24H31N3O3/c1-17-9-11-18(12-10-17)27-22(28)14-13-20(24(29)25-15-16-26(2)3)23(27)19-7-5-6-8-21(19)30-4/h5-12,20,23H,13-16H2,1-4H3,(H,25,29)/p+1/t20-,23+/m0/s1. The minimum atomic E-state index is -0.420. The Hall–Kier alpha value is -2.86. The van der Waals surface area contributed by atoms with E-state index >= 15 is 0 Å². The molecule has 3 rings (SSSR count). The third-order valence-electron chi connectivity index (χ3n) is 5.63. The largest absolute Gasteiger partial charge is 0.496 e. The van der Waals surface area contributed by atoms with Crippen molar-refractivity contribution in [2.45, 2.75) is 25.8 Å². The molecule has 0 bridgehead atoms. The molecule has 2 aromatic carbocycles. The van der Waals surface area contributed by atoms with Gasteiger partial charge in [-0.05, 0) is 31.5 Å². The van der Waals surface area contributed by atoms with Crippen LogP contribution in [0.25, 0.3) is 0 Å². The van der Waals surface area contributed by atoms with Gasteiger partial charge in [0.15, 0.2) is 0 Å². The van der Waals surface area contributed by atoms with Gasteiger partial charge in [-0.1, -0.05) is 35.9 Å². The van der Waals surface area contributed by atoms with Crippen molar-refractivity contribution in [1.82, 2.24) is 5.32 Å². The highest BCUT2D eigenvalue weighted by Crippen LogP contribution is 2.43. The zero-order valence-electron chi connectivity index (χ0n) is 18.3. The van der Waals surface area contributed by atoms with E-state index in [0.717, 1.165) is 23.4 Å². The number of para-hydroxylation sites is 1. The van der Waals surface area contributed by atoms with Crippen LogP contribution in [0.15, 0.2) is 48.5 Å². The molecule has 6 nitrogen and oxygen atoms in total. The first kappa shape index (κ1) is 21.8. The van der Waals surface area contributed by atoms with Crippen LogP contribution >= 0.6 is 0 Å². The molecule has 0 aromatic heterocycles. The van der Waals surface area contributed by atoms with Crippen LogP contribution in [0.5, 0.6) is 5.75 Å². The number of aryl methyl sites for hydroxylation is 1. The number of anilines is 1. The van der Waals surface area contributed by atoms with Crippen LogP contribution in [0.3, 0.4) is 0 Å². The van der Waals surface area contributed by atoms with Gasteiger partial charge >= 0.3 is 0 Å². The second kappa shape index (κ2) is 9.76. The second-order valence-corrected chi connectivity index (χ2v) is 8.18. The quantitative estimate of drug-likeness (QED) is 0.731. The Morgan fingerprint density at radius 2 is 1.87 bits per heavy atom. The lowest BCUT2D eigenvalue weighted by molar-refractivity contribution is -0.856. The van der Waals surface area contributed by atoms with Crippen molar-refractivity contribution in [3.63, 3.8) is 0 Å². The van der Waals surface area contributed by atoms with Crippen LogP contribution in [0, 0.1) is 12.8 Å². The van der Waals surface area contributed by atoms with E-state index in [1.54, 1.807) is 12.0 Å². The van der Waals surface area contributed by atoms with Gasteiger partial charge in [-0.15, -0.1) is 0 Å². The van der Waals surface area contributed by atoms with E-state index in [-0.39, 0.29) is 17.7 Å². The highest BCUT2D eigenvalue weighted by atomic mass is 16.5. The molecule has 1 aliphatic rings. The summed E-state index contributed by atoms with van der Waals surface area (Å²) in [6, 6.07) is 15.1. The number of carbonyl (C=O) groups is 2. The summed E-state index contributed by atoms with van der Waals surface area (Å²) in [7, 11) is 5.74. The first-order valence-corrected chi connectivity index (χ1v) is 10.5. The fraction of sp³-hybridized carbons (Fsp3) is 0.417. The monoisotopic (exact) mass is 410 g/mol. The third-order valence-corrected chi connectivity index (χ3v) is 5.63. The van der Waals surface area contributed by atoms with Crippen LogP contribution in [0.4, 0.5) is 5.69 Å². The van der Waals surface area contributed by atoms with Crippen molar-refractivity contribution in [2.75, 3.05) is 39.2 Å². The number of likely N-dealkylation sites (N-methyl/N-ethyl adjacent to an activating group) is 1. The van der Waals surface area contributed by atoms with E-state index in [1.807, 2.05) is 55.5 Å². The Balaban J connectivity index is 2.02. The van der Waals surface area contributed by atoms with Crippen molar-refractivity contribution < 1.29 is 19.2 Å². The number of quaternary nitrogens is 1. The molecule has 2 atom stereocenters. The molecule has 160 valence electrons. The lowest BCUT2D eigenvalue weighted by Crippen LogP contribution is -3.06. The molecule has 1 heterocycles. The number of rotatable bonds is 7. The third kappa shape index (κ3) is 4.82. The van der Waals surface area contributed by atoms with Crippen LogP contribution in [-0.2, 0) is 9.59 Å². The molecule has 0 saturated carbocycles. The molecule has 30 heavy (non-hydrogen) atoms. The average Bonchev–Trinajstić information content (AvgIpc) is 2.74. The number of hydrogen-bond donors (Lipinski definition) is 2. The SMILES string of the molecule is COc1ccccc1[C@@H]1[C@@H](C(=O)NCC[NH+](C)C)CCC(=O)N1c1ccc(C)cc1. The van der Waals surface area contributed by atoms with Gasteiger partial charge in [-0.25, -0.2) is 0 Å². The van der Waals surface area contributed by atoms with E-state index in [0.29, 0.717) is 25.1 Å². The molecule has 1 aliphatic heterocycles. The summed E-state index contributed by atoms with van der Waals surface area (Å²) in [6.07, 6.45) is 0.862. The maximum Gasteiger partial charge on any atom is 0.227 e. The molecule has 2 amide bonds. The number of ether oxygens (including phenoxy) is 1. The van der Waals surface area contributed by atoms with Gasteiger partial charge in [0.25, 0.3) is 0 Å². The summed E-state index contributed by atoms with van der Waals surface area (Å²) in [6.45, 7) is 3.47. The zero-order chi connectivity index (χ0) is 21.7. The predicted molar refractivity (Wildman–Crippen MR) is 118 cm³/mol. The van der Waals surface area contributed by atoms with Crippen molar-refractivity contribution in [2.24, 2.45) is 5.92 Å². The second-order valence-electron chi connectivity index (χ2n) is 8.18. The topological polar surface area (TPSA) is 63.1 Å². The highest BCUT2D eigenvalue weighted by Gasteiger charge is 2.42. The number of nitrogens with one attached hydrogen (secondary N) is 2. The predicted octanol–water partition coefficient (Wildman–Crippen LogP) is 1.75. The lowest BCUT2D eigenvalue weighted by Gasteiger charge is -2.41. The van der Waals surface area contributed by atoms with E-state index in [1.165, 1.54) is 4.90 Å². The molecule has 0 spiro atoms. The van der Waals surface area contributed by atoms with Crippen LogP contribution in [0.2, 0.25) is 0 Å². The fourth-order valence-corrected chi connectivity index (χ4v) is 4.01. The lowest BCUT2D eigenvalue weighted by atomic mass is 9.82. The summed E-state index contributed by atoms with van der Waals surface area (Å²) in [5.74, 6) is 0.343. The molecular formula is C24H32N3O3+. The van der Waals surface area contributed by atoms with Gasteiger partial charge in [0, 0.05) is 17.7 Å². The first-order valence-electron chi connectivity index (χ1n) is 10.5. The van der Waals surface area contributed by atoms with Crippen molar-refractivity contribution in [3.05, 3.63) is 59.7 Å². The summed E-state index contributed by atoms with van der Waals surface area (Å²) in [4.78, 5) is 29.3. The Kier molecular flexibility index (Phi) is 7.11. The number of nitrogens with zero attached hydrogens (tertiary/aromatic N) is 1. The summed E-state index contributed by atoms with van der Waals surface area (Å²) >= 11 is 0. The van der Waals surface area contributed by atoms with E-state index in [2.05, 4.69) is 19.4 Å². The Morgan fingerprint density at radius 1 is 1.17 bits per heavy atom. The number of hydrogen-bond acceptors (Lipinski definition) is 3. The highest BCUT2D eigenvalue weighted by molar-refractivity contribution is 5.97. The maximum absolute atomic E-state index is 13.2. The van der Waals surface area contributed by atoms with Crippen LogP contribution in [-0.4, -0.2) is 46.1 Å². The molecular weight excluding hydrogens is 378 g/mol. The van der Waals surface area contributed by atoms with Crippen molar-refractivity contribution >= 4 is 17.5 Å². The van der Waals surface area contributed by atoms with Crippen LogP contribution in [0.1, 0.15) is 30.0 Å². The number of benzene rings is 2. The minimum Gasteiger partial charge on any atom is -0.496 e. The molecule has 6 heteroatoms. The molecule has 0 unspecified atom stereocenters. The zero-order valence-corrected chi connectivity index (χ0v) is 18.3. The molecule has 0 radical (unpaired) electrons. The Labute approximate surface area is 178 Å². The van der Waals surface area contributed by atoms with Crippen LogP contribution < -0.4 is 19.9 Å².